The summed E-state index contributed by atoms with van der Waals surface area (Å²) in [7, 11) is -4.12. The van der Waals surface area contributed by atoms with Crippen molar-refractivity contribution in [3.05, 3.63) is 94.5 Å². The lowest BCUT2D eigenvalue weighted by molar-refractivity contribution is -0.140. The van der Waals surface area contributed by atoms with E-state index >= 15 is 0 Å². The second kappa shape index (κ2) is 14.3. The van der Waals surface area contributed by atoms with Crippen molar-refractivity contribution in [1.29, 1.82) is 0 Å². The number of anilines is 1. The van der Waals surface area contributed by atoms with Gasteiger partial charge in [0.2, 0.25) is 11.8 Å². The molecule has 3 aromatic carbocycles. The Balaban J connectivity index is 2.02. The Bertz CT molecular complexity index is 1380. The fraction of sp³-hybridized carbons (Fsp3) is 0.355. The summed E-state index contributed by atoms with van der Waals surface area (Å²) in [5.74, 6) is -0.737. The van der Waals surface area contributed by atoms with Gasteiger partial charge in [-0.15, -0.1) is 0 Å². The van der Waals surface area contributed by atoms with Crippen LogP contribution in [-0.4, -0.2) is 44.3 Å². The van der Waals surface area contributed by atoms with Gasteiger partial charge in [-0.1, -0.05) is 79.4 Å². The highest BCUT2D eigenvalue weighted by Gasteiger charge is 2.33. The highest BCUT2D eigenvalue weighted by molar-refractivity contribution is 7.92. The zero-order valence-corrected chi connectivity index (χ0v) is 25.1. The molecule has 1 atom stereocenters. The SMILES string of the molecule is CCCCNC(=O)[C@H](CC)N(Cc1ccc(C)cc1)C(=O)CN(c1ccc(Cl)cc1)S(=O)(=O)c1ccc(C)cc1. The molecule has 0 fully saturated rings. The first kappa shape index (κ1) is 31.2. The van der Waals surface area contributed by atoms with Crippen molar-refractivity contribution >= 4 is 39.1 Å². The average molecular weight is 584 g/mol. The molecule has 2 amide bonds. The van der Waals surface area contributed by atoms with Crippen molar-refractivity contribution in [2.24, 2.45) is 0 Å². The number of amides is 2. The average Bonchev–Trinajstić information content (AvgIpc) is 2.93. The minimum Gasteiger partial charge on any atom is -0.354 e. The number of hydrogen-bond donors (Lipinski definition) is 1. The number of carbonyl (C=O) groups excluding carboxylic acids is 2. The van der Waals surface area contributed by atoms with Crippen LogP contribution in [0.5, 0.6) is 0 Å². The number of nitrogens with zero attached hydrogens (tertiary/aromatic N) is 2. The van der Waals surface area contributed by atoms with Crippen LogP contribution in [-0.2, 0) is 26.2 Å². The van der Waals surface area contributed by atoms with E-state index in [1.54, 1.807) is 36.4 Å². The molecule has 0 saturated heterocycles. The molecule has 0 heterocycles. The van der Waals surface area contributed by atoms with E-state index in [0.717, 1.165) is 33.8 Å². The van der Waals surface area contributed by atoms with E-state index in [1.165, 1.54) is 17.0 Å². The summed E-state index contributed by atoms with van der Waals surface area (Å²) in [4.78, 5) is 28.8. The van der Waals surface area contributed by atoms with E-state index in [1.807, 2.05) is 52.0 Å². The van der Waals surface area contributed by atoms with Crippen molar-refractivity contribution in [1.82, 2.24) is 10.2 Å². The predicted molar refractivity (Wildman–Crippen MR) is 161 cm³/mol. The molecule has 0 saturated carbocycles. The minimum absolute atomic E-state index is 0.0651. The van der Waals surface area contributed by atoms with Crippen LogP contribution < -0.4 is 9.62 Å². The molecule has 0 aliphatic heterocycles. The number of nitrogens with one attached hydrogen (secondary N) is 1. The molecule has 0 bridgehead atoms. The topological polar surface area (TPSA) is 86.8 Å². The van der Waals surface area contributed by atoms with Crippen molar-refractivity contribution < 1.29 is 18.0 Å². The zero-order chi connectivity index (χ0) is 29.3. The largest absolute Gasteiger partial charge is 0.354 e. The Hall–Kier alpha value is -3.36. The van der Waals surface area contributed by atoms with Crippen LogP contribution in [0.1, 0.15) is 49.8 Å². The first-order chi connectivity index (χ1) is 19.1. The summed E-state index contributed by atoms with van der Waals surface area (Å²) < 4.78 is 28.8. The Morgan fingerprint density at radius 3 is 2.00 bits per heavy atom. The summed E-state index contributed by atoms with van der Waals surface area (Å²) in [5, 5.41) is 3.38. The van der Waals surface area contributed by atoms with Crippen LogP contribution in [0.25, 0.3) is 0 Å². The minimum atomic E-state index is -4.12. The van der Waals surface area contributed by atoms with Gasteiger partial charge >= 0.3 is 0 Å². The second-order valence-corrected chi connectivity index (χ2v) is 12.2. The number of sulfonamides is 1. The molecule has 9 heteroatoms. The number of halogens is 1. The molecule has 3 rings (SSSR count). The number of rotatable bonds is 13. The van der Waals surface area contributed by atoms with Gasteiger partial charge in [0.05, 0.1) is 10.6 Å². The quantitative estimate of drug-likeness (QED) is 0.255. The third-order valence-electron chi connectivity index (χ3n) is 6.69. The monoisotopic (exact) mass is 583 g/mol. The first-order valence-corrected chi connectivity index (χ1v) is 15.4. The third-order valence-corrected chi connectivity index (χ3v) is 8.73. The predicted octanol–water partition coefficient (Wildman–Crippen LogP) is 5.88. The van der Waals surface area contributed by atoms with Gasteiger partial charge in [-0.3, -0.25) is 13.9 Å². The number of aryl methyl sites for hydroxylation is 2. The molecule has 0 aromatic heterocycles. The van der Waals surface area contributed by atoms with E-state index in [4.69, 9.17) is 11.6 Å². The van der Waals surface area contributed by atoms with Crippen molar-refractivity contribution in [2.75, 3.05) is 17.4 Å². The maximum Gasteiger partial charge on any atom is 0.264 e. The van der Waals surface area contributed by atoms with E-state index in [2.05, 4.69) is 5.32 Å². The van der Waals surface area contributed by atoms with Gasteiger partial charge in [0.1, 0.15) is 12.6 Å². The molecular formula is C31H38ClN3O4S. The smallest absolute Gasteiger partial charge is 0.264 e. The highest BCUT2D eigenvalue weighted by Crippen LogP contribution is 2.26. The lowest BCUT2D eigenvalue weighted by Gasteiger charge is -2.33. The zero-order valence-electron chi connectivity index (χ0n) is 23.6. The number of unbranched alkanes of at least 4 members (excludes halogenated alkanes) is 1. The van der Waals surface area contributed by atoms with Crippen LogP contribution in [0.15, 0.2) is 77.7 Å². The second-order valence-electron chi connectivity index (χ2n) is 9.88. The van der Waals surface area contributed by atoms with E-state index < -0.39 is 28.5 Å². The summed E-state index contributed by atoms with van der Waals surface area (Å²) in [6.45, 7) is 7.92. The summed E-state index contributed by atoms with van der Waals surface area (Å²) >= 11 is 6.08. The maximum absolute atomic E-state index is 14.0. The lowest BCUT2D eigenvalue weighted by Crippen LogP contribution is -2.52. The van der Waals surface area contributed by atoms with Crippen LogP contribution in [0.3, 0.4) is 0 Å². The fourth-order valence-electron chi connectivity index (χ4n) is 4.29. The molecule has 0 unspecified atom stereocenters. The van der Waals surface area contributed by atoms with E-state index in [-0.39, 0.29) is 17.3 Å². The van der Waals surface area contributed by atoms with Crippen molar-refractivity contribution in [3.63, 3.8) is 0 Å². The molecule has 1 N–H and O–H groups in total. The van der Waals surface area contributed by atoms with E-state index in [9.17, 15) is 18.0 Å². The normalized spacial score (nSPS) is 12.0. The summed E-state index contributed by atoms with van der Waals surface area (Å²) in [6.07, 6.45) is 2.13. The van der Waals surface area contributed by atoms with Gasteiger partial charge in [0, 0.05) is 18.1 Å². The number of hydrogen-bond acceptors (Lipinski definition) is 4. The van der Waals surface area contributed by atoms with Gasteiger partial charge in [0.25, 0.3) is 10.0 Å². The number of benzene rings is 3. The number of carbonyl (C=O) groups is 2. The van der Waals surface area contributed by atoms with Gasteiger partial charge < -0.3 is 10.2 Å². The summed E-state index contributed by atoms with van der Waals surface area (Å²) in [6, 6.07) is 19.7. The molecule has 214 valence electrons. The van der Waals surface area contributed by atoms with Gasteiger partial charge in [-0.25, -0.2) is 8.42 Å². The third kappa shape index (κ3) is 8.08. The fourth-order valence-corrected chi connectivity index (χ4v) is 5.83. The van der Waals surface area contributed by atoms with Crippen LogP contribution in [0, 0.1) is 13.8 Å². The van der Waals surface area contributed by atoms with Gasteiger partial charge in [0.15, 0.2) is 0 Å². The molecule has 0 aliphatic carbocycles. The first-order valence-electron chi connectivity index (χ1n) is 13.5. The standard InChI is InChI=1S/C31H38ClN3O4S/c1-5-7-20-33-31(37)29(6-2)34(21-25-12-8-23(3)9-13-25)30(36)22-35(27-16-14-26(32)15-17-27)40(38,39)28-18-10-24(4)11-19-28/h8-19,29H,5-7,20-22H2,1-4H3,(H,33,37)/t29-/m0/s1. The maximum atomic E-state index is 14.0. The van der Waals surface area contributed by atoms with Gasteiger partial charge in [-0.2, -0.15) is 0 Å². The Labute approximate surface area is 243 Å². The molecule has 0 spiro atoms. The van der Waals surface area contributed by atoms with E-state index in [0.29, 0.717) is 23.7 Å². The lowest BCUT2D eigenvalue weighted by atomic mass is 10.1. The molecule has 7 nitrogen and oxygen atoms in total. The Morgan fingerprint density at radius 1 is 0.875 bits per heavy atom. The Kier molecular flexibility index (Phi) is 11.2. The Morgan fingerprint density at radius 2 is 1.45 bits per heavy atom. The highest BCUT2D eigenvalue weighted by atomic mass is 35.5. The van der Waals surface area contributed by atoms with Crippen LogP contribution in [0.2, 0.25) is 5.02 Å². The molecule has 0 radical (unpaired) electrons. The van der Waals surface area contributed by atoms with Crippen molar-refractivity contribution in [2.45, 2.75) is 64.4 Å². The van der Waals surface area contributed by atoms with Crippen LogP contribution >= 0.6 is 11.6 Å². The van der Waals surface area contributed by atoms with Crippen molar-refractivity contribution in [3.8, 4) is 0 Å². The van der Waals surface area contributed by atoms with Gasteiger partial charge in [-0.05, 0) is 68.7 Å². The molecule has 40 heavy (non-hydrogen) atoms. The molecule has 3 aromatic rings. The molecule has 0 aliphatic rings. The molecular weight excluding hydrogens is 546 g/mol. The summed E-state index contributed by atoms with van der Waals surface area (Å²) in [5.41, 5.74) is 3.13. The van der Waals surface area contributed by atoms with Crippen LogP contribution in [0.4, 0.5) is 5.69 Å².